The second-order valence-electron chi connectivity index (χ2n) is 14.4. The summed E-state index contributed by atoms with van der Waals surface area (Å²) in [5.74, 6) is 0. The van der Waals surface area contributed by atoms with E-state index in [1.54, 1.807) is 0 Å². The second kappa shape index (κ2) is 11.4. The number of para-hydroxylation sites is 1. The minimum atomic E-state index is 0.919. The number of thiophene rings is 1. The number of benzene rings is 10. The SMILES string of the molecule is c1cc(-c2ccc3ccccc3c2)cc(-c2c3ccccc3c(-c3cc4c5ccccc5oc4c4c3sc3cc5ccccc5cc34)c3ccccc23)c1. The smallest absolute Gasteiger partial charge is 0.144 e. The molecule has 10 aromatic carbocycles. The van der Waals surface area contributed by atoms with Gasteiger partial charge in [0.15, 0.2) is 0 Å². The predicted molar refractivity (Wildman–Crippen MR) is 233 cm³/mol. The maximum atomic E-state index is 6.76. The number of hydrogen-bond acceptors (Lipinski definition) is 2. The third kappa shape index (κ3) is 4.32. The summed E-state index contributed by atoms with van der Waals surface area (Å²) in [5.41, 5.74) is 9.32. The molecule has 0 bridgehead atoms. The Hall–Kier alpha value is -6.74. The molecule has 0 aliphatic rings. The van der Waals surface area contributed by atoms with Crippen LogP contribution in [0, 0.1) is 0 Å². The molecule has 250 valence electrons. The molecule has 0 saturated carbocycles. The van der Waals surface area contributed by atoms with E-state index < -0.39 is 0 Å². The quantitative estimate of drug-likeness (QED) is 0.167. The highest BCUT2D eigenvalue weighted by atomic mass is 32.1. The predicted octanol–water partition coefficient (Wildman–Crippen LogP) is 15.6. The zero-order valence-corrected chi connectivity index (χ0v) is 30.0. The van der Waals surface area contributed by atoms with Gasteiger partial charge in [-0.15, -0.1) is 11.3 Å². The van der Waals surface area contributed by atoms with Gasteiger partial charge < -0.3 is 4.42 Å². The van der Waals surface area contributed by atoms with Gasteiger partial charge in [0.25, 0.3) is 0 Å². The number of rotatable bonds is 3. The van der Waals surface area contributed by atoms with Crippen molar-refractivity contribution in [3.8, 4) is 33.4 Å². The van der Waals surface area contributed by atoms with Crippen molar-refractivity contribution >= 4 is 96.5 Å². The second-order valence-corrected chi connectivity index (χ2v) is 15.4. The van der Waals surface area contributed by atoms with Crippen LogP contribution in [0.4, 0.5) is 0 Å². The lowest BCUT2D eigenvalue weighted by atomic mass is 9.84. The van der Waals surface area contributed by atoms with E-state index in [-0.39, 0.29) is 0 Å². The molecule has 0 N–H and O–H groups in total. The summed E-state index contributed by atoms with van der Waals surface area (Å²) in [6.45, 7) is 0. The van der Waals surface area contributed by atoms with Crippen LogP contribution in [0.15, 0.2) is 186 Å². The molecule has 0 aliphatic heterocycles. The van der Waals surface area contributed by atoms with Gasteiger partial charge >= 0.3 is 0 Å². The largest absolute Gasteiger partial charge is 0.455 e. The molecule has 0 unspecified atom stereocenters. The fourth-order valence-corrected chi connectivity index (χ4v) is 10.2. The molecule has 1 nitrogen and oxygen atoms in total. The molecular weight excluding hydrogens is 673 g/mol. The summed E-state index contributed by atoms with van der Waals surface area (Å²) in [5, 5.41) is 14.7. The molecule has 0 amide bonds. The molecule has 2 heteroatoms. The maximum absolute atomic E-state index is 6.76. The van der Waals surface area contributed by atoms with Gasteiger partial charge in [0.2, 0.25) is 0 Å². The Labute approximate surface area is 314 Å². The zero-order valence-electron chi connectivity index (χ0n) is 29.1. The highest BCUT2D eigenvalue weighted by Gasteiger charge is 2.23. The van der Waals surface area contributed by atoms with Crippen LogP contribution in [0.25, 0.3) is 119 Å². The van der Waals surface area contributed by atoms with Crippen LogP contribution in [0.3, 0.4) is 0 Å². The molecule has 54 heavy (non-hydrogen) atoms. The first-order chi connectivity index (χ1) is 26.8. The lowest BCUT2D eigenvalue weighted by molar-refractivity contribution is 0.673. The van der Waals surface area contributed by atoms with E-state index in [1.807, 2.05) is 11.3 Å². The van der Waals surface area contributed by atoms with Crippen molar-refractivity contribution in [2.75, 3.05) is 0 Å². The van der Waals surface area contributed by atoms with E-state index in [4.69, 9.17) is 4.42 Å². The minimum absolute atomic E-state index is 0.919. The molecule has 0 radical (unpaired) electrons. The standard InChI is InChI=1S/C52H30OS/c1-2-13-32-26-36(25-24-31(32)12-1)33-16-11-17-37(27-33)48-39-19-5-7-21-41(39)49(42-22-8-6-20-40(42)48)45-30-43-38-18-9-10-23-46(38)53-51(43)50-44-28-34-14-3-4-15-35(34)29-47(44)54-52(45)50/h1-30H. The van der Waals surface area contributed by atoms with Crippen LogP contribution in [-0.2, 0) is 0 Å². The average Bonchev–Trinajstić information content (AvgIpc) is 3.79. The van der Waals surface area contributed by atoms with Gasteiger partial charge in [0.1, 0.15) is 11.2 Å². The van der Waals surface area contributed by atoms with Crippen molar-refractivity contribution in [3.63, 3.8) is 0 Å². The van der Waals surface area contributed by atoms with E-state index in [1.165, 1.54) is 96.6 Å². The van der Waals surface area contributed by atoms with E-state index in [2.05, 4.69) is 182 Å². The zero-order chi connectivity index (χ0) is 35.3. The molecule has 0 atom stereocenters. The Bertz CT molecular complexity index is 3450. The van der Waals surface area contributed by atoms with Crippen LogP contribution in [0.2, 0.25) is 0 Å². The molecular formula is C52H30OS. The van der Waals surface area contributed by atoms with Crippen LogP contribution in [-0.4, -0.2) is 0 Å². The Morgan fingerprint density at radius 1 is 0.352 bits per heavy atom. The first-order valence-corrected chi connectivity index (χ1v) is 19.3. The fourth-order valence-electron chi connectivity index (χ4n) is 8.94. The fraction of sp³-hybridized carbons (Fsp3) is 0. The molecule has 0 aliphatic carbocycles. The Balaban J connectivity index is 1.19. The lowest BCUT2D eigenvalue weighted by Gasteiger charge is -2.19. The maximum Gasteiger partial charge on any atom is 0.144 e. The van der Waals surface area contributed by atoms with Crippen molar-refractivity contribution in [2.45, 2.75) is 0 Å². The van der Waals surface area contributed by atoms with E-state index in [9.17, 15) is 0 Å². The molecule has 12 rings (SSSR count). The number of hydrogen-bond donors (Lipinski definition) is 0. The van der Waals surface area contributed by atoms with Crippen molar-refractivity contribution in [1.82, 2.24) is 0 Å². The van der Waals surface area contributed by atoms with Gasteiger partial charge in [-0.3, -0.25) is 0 Å². The van der Waals surface area contributed by atoms with Crippen LogP contribution in [0.1, 0.15) is 0 Å². The topological polar surface area (TPSA) is 13.1 Å². The Kier molecular flexibility index (Phi) is 6.28. The third-order valence-electron chi connectivity index (χ3n) is 11.4. The van der Waals surface area contributed by atoms with E-state index >= 15 is 0 Å². The number of furan rings is 1. The van der Waals surface area contributed by atoms with Gasteiger partial charge in [0, 0.05) is 36.5 Å². The highest BCUT2D eigenvalue weighted by molar-refractivity contribution is 7.26. The van der Waals surface area contributed by atoms with Gasteiger partial charge in [-0.2, -0.15) is 0 Å². The summed E-state index contributed by atoms with van der Waals surface area (Å²) in [4.78, 5) is 0. The van der Waals surface area contributed by atoms with Gasteiger partial charge in [-0.25, -0.2) is 0 Å². The van der Waals surface area contributed by atoms with Gasteiger partial charge in [-0.05, 0) is 107 Å². The third-order valence-corrected chi connectivity index (χ3v) is 12.6. The van der Waals surface area contributed by atoms with Gasteiger partial charge in [0.05, 0.1) is 0 Å². The summed E-state index contributed by atoms with van der Waals surface area (Å²) in [6, 6.07) is 66.8. The minimum Gasteiger partial charge on any atom is -0.455 e. The summed E-state index contributed by atoms with van der Waals surface area (Å²) >= 11 is 1.88. The molecule has 0 fully saturated rings. The van der Waals surface area contributed by atoms with Crippen molar-refractivity contribution in [2.24, 2.45) is 0 Å². The Morgan fingerprint density at radius 3 is 1.67 bits per heavy atom. The van der Waals surface area contributed by atoms with Crippen molar-refractivity contribution in [3.05, 3.63) is 182 Å². The molecule has 0 spiro atoms. The van der Waals surface area contributed by atoms with Gasteiger partial charge in [-0.1, -0.05) is 146 Å². The summed E-state index contributed by atoms with van der Waals surface area (Å²) in [7, 11) is 0. The monoisotopic (exact) mass is 702 g/mol. The molecule has 2 aromatic heterocycles. The molecule has 0 saturated heterocycles. The van der Waals surface area contributed by atoms with Crippen molar-refractivity contribution < 1.29 is 4.42 Å². The van der Waals surface area contributed by atoms with E-state index in [0.29, 0.717) is 0 Å². The molecule has 2 heterocycles. The normalized spacial score (nSPS) is 12.1. The average molecular weight is 703 g/mol. The Morgan fingerprint density at radius 2 is 0.926 bits per heavy atom. The first-order valence-electron chi connectivity index (χ1n) is 18.5. The van der Waals surface area contributed by atoms with Crippen molar-refractivity contribution in [1.29, 1.82) is 0 Å². The number of fused-ring (bicyclic) bond motifs is 11. The lowest BCUT2D eigenvalue weighted by Crippen LogP contribution is -1.91. The van der Waals surface area contributed by atoms with E-state index in [0.717, 1.165) is 21.9 Å². The highest BCUT2D eigenvalue weighted by Crippen LogP contribution is 2.51. The molecule has 12 aromatic rings. The summed E-state index contributed by atoms with van der Waals surface area (Å²) in [6.07, 6.45) is 0. The summed E-state index contributed by atoms with van der Waals surface area (Å²) < 4.78 is 9.29. The van der Waals surface area contributed by atoms with Crippen LogP contribution in [0.5, 0.6) is 0 Å². The van der Waals surface area contributed by atoms with Crippen LogP contribution >= 0.6 is 11.3 Å². The van der Waals surface area contributed by atoms with Crippen LogP contribution < -0.4 is 0 Å². The first kappa shape index (κ1) is 29.8.